The third-order valence-electron chi connectivity index (χ3n) is 6.42. The van der Waals surface area contributed by atoms with Crippen LogP contribution in [0, 0.1) is 0 Å². The van der Waals surface area contributed by atoms with Crippen molar-refractivity contribution in [3.05, 3.63) is 40.9 Å². The Bertz CT molecular complexity index is 877. The molecule has 2 aromatic rings. The second kappa shape index (κ2) is 10.2. The van der Waals surface area contributed by atoms with Gasteiger partial charge in [-0.2, -0.15) is 0 Å². The first-order chi connectivity index (χ1) is 15.2. The predicted octanol–water partition coefficient (Wildman–Crippen LogP) is 4.12. The summed E-state index contributed by atoms with van der Waals surface area (Å²) in [6.45, 7) is 0. The standard InChI is InChI=1S/C23H30N4O3S/c1-30-19-13-7-8-16(14-19)21(22(28)24-17-9-5-6-10-17)27(18-11-3-2-4-12-18)23(29)20-15-31-26-25-20/h7-8,13-15,17-18,21H,2-6,9-12H2,1H3,(H,24,28). The van der Waals surface area contributed by atoms with E-state index in [-0.39, 0.29) is 23.9 Å². The maximum absolute atomic E-state index is 13.7. The van der Waals surface area contributed by atoms with Crippen molar-refractivity contribution >= 4 is 23.3 Å². The van der Waals surface area contributed by atoms with Crippen LogP contribution in [0.5, 0.6) is 5.75 Å². The number of carbonyl (C=O) groups excluding carboxylic acids is 2. The van der Waals surface area contributed by atoms with Crippen LogP contribution in [0.25, 0.3) is 0 Å². The molecule has 1 N–H and O–H groups in total. The van der Waals surface area contributed by atoms with Crippen molar-refractivity contribution < 1.29 is 14.3 Å². The normalized spacial score (nSPS) is 18.5. The highest BCUT2D eigenvalue weighted by Gasteiger charge is 2.39. The van der Waals surface area contributed by atoms with Crippen LogP contribution in [0.3, 0.4) is 0 Å². The van der Waals surface area contributed by atoms with Gasteiger partial charge < -0.3 is 15.0 Å². The lowest BCUT2D eigenvalue weighted by Gasteiger charge is -2.39. The zero-order valence-electron chi connectivity index (χ0n) is 18.0. The highest BCUT2D eigenvalue weighted by molar-refractivity contribution is 7.03. The molecule has 7 nitrogen and oxygen atoms in total. The Hall–Kier alpha value is -2.48. The fraction of sp³-hybridized carbons (Fsp3) is 0.565. The van der Waals surface area contributed by atoms with E-state index in [0.29, 0.717) is 11.4 Å². The molecule has 2 amide bonds. The molecule has 1 heterocycles. The number of carbonyl (C=O) groups is 2. The summed E-state index contributed by atoms with van der Waals surface area (Å²) in [4.78, 5) is 29.1. The van der Waals surface area contributed by atoms with E-state index in [1.54, 1.807) is 17.4 Å². The second-order valence-electron chi connectivity index (χ2n) is 8.46. The Morgan fingerprint density at radius 1 is 1.13 bits per heavy atom. The number of hydrogen-bond acceptors (Lipinski definition) is 6. The maximum Gasteiger partial charge on any atom is 0.276 e. The summed E-state index contributed by atoms with van der Waals surface area (Å²) in [5, 5.41) is 8.92. The van der Waals surface area contributed by atoms with Crippen LogP contribution in [-0.2, 0) is 4.79 Å². The Kier molecular flexibility index (Phi) is 7.17. The third-order valence-corrected chi connectivity index (χ3v) is 6.92. The van der Waals surface area contributed by atoms with Gasteiger partial charge in [0.15, 0.2) is 5.69 Å². The van der Waals surface area contributed by atoms with Crippen LogP contribution in [0.15, 0.2) is 29.6 Å². The largest absolute Gasteiger partial charge is 0.497 e. The first-order valence-electron chi connectivity index (χ1n) is 11.2. The summed E-state index contributed by atoms with van der Waals surface area (Å²) in [5.41, 5.74) is 1.06. The summed E-state index contributed by atoms with van der Waals surface area (Å²) in [7, 11) is 1.61. The number of hydrogen-bond donors (Lipinski definition) is 1. The molecule has 8 heteroatoms. The van der Waals surface area contributed by atoms with Gasteiger partial charge in [0.25, 0.3) is 5.91 Å². The molecule has 0 radical (unpaired) electrons. The van der Waals surface area contributed by atoms with Crippen LogP contribution in [0.1, 0.15) is 79.9 Å². The molecule has 2 aliphatic carbocycles. The highest BCUT2D eigenvalue weighted by atomic mass is 32.1. The Morgan fingerprint density at radius 3 is 2.55 bits per heavy atom. The predicted molar refractivity (Wildman–Crippen MR) is 119 cm³/mol. The van der Waals surface area contributed by atoms with Crippen molar-refractivity contribution in [1.82, 2.24) is 19.8 Å². The highest BCUT2D eigenvalue weighted by Crippen LogP contribution is 2.34. The van der Waals surface area contributed by atoms with Gasteiger partial charge in [-0.15, -0.1) is 5.10 Å². The van der Waals surface area contributed by atoms with Crippen molar-refractivity contribution in [2.45, 2.75) is 75.9 Å². The summed E-state index contributed by atoms with van der Waals surface area (Å²) >= 11 is 1.15. The van der Waals surface area contributed by atoms with Crippen LogP contribution in [0.2, 0.25) is 0 Å². The molecule has 0 saturated heterocycles. The van der Waals surface area contributed by atoms with Crippen molar-refractivity contribution in [3.8, 4) is 5.75 Å². The number of nitrogens with one attached hydrogen (secondary N) is 1. The smallest absolute Gasteiger partial charge is 0.276 e. The van der Waals surface area contributed by atoms with E-state index in [1.807, 2.05) is 24.3 Å². The summed E-state index contributed by atoms with van der Waals surface area (Å²) < 4.78 is 9.30. The minimum atomic E-state index is -0.729. The molecule has 1 atom stereocenters. The van der Waals surface area contributed by atoms with Gasteiger partial charge in [0.05, 0.1) is 7.11 Å². The first-order valence-corrected chi connectivity index (χ1v) is 12.0. The van der Waals surface area contributed by atoms with Crippen LogP contribution in [0.4, 0.5) is 0 Å². The fourth-order valence-corrected chi connectivity index (χ4v) is 5.27. The number of amides is 2. The quantitative estimate of drug-likeness (QED) is 0.697. The van der Waals surface area contributed by atoms with Gasteiger partial charge >= 0.3 is 0 Å². The molecule has 31 heavy (non-hydrogen) atoms. The van der Waals surface area contributed by atoms with E-state index in [2.05, 4.69) is 14.9 Å². The zero-order chi connectivity index (χ0) is 21.6. The molecule has 166 valence electrons. The van der Waals surface area contributed by atoms with Gasteiger partial charge in [-0.3, -0.25) is 9.59 Å². The molecule has 0 spiro atoms. The van der Waals surface area contributed by atoms with Crippen molar-refractivity contribution in [2.75, 3.05) is 7.11 Å². The summed E-state index contributed by atoms with van der Waals surface area (Å²) in [6, 6.07) is 6.93. The minimum Gasteiger partial charge on any atom is -0.497 e. The van der Waals surface area contributed by atoms with E-state index >= 15 is 0 Å². The van der Waals surface area contributed by atoms with Crippen LogP contribution < -0.4 is 10.1 Å². The van der Waals surface area contributed by atoms with Crippen molar-refractivity contribution in [3.63, 3.8) is 0 Å². The summed E-state index contributed by atoms with van der Waals surface area (Å²) in [6.07, 6.45) is 9.29. The number of rotatable bonds is 7. The van der Waals surface area contributed by atoms with E-state index in [4.69, 9.17) is 4.74 Å². The lowest BCUT2D eigenvalue weighted by atomic mass is 9.91. The number of benzene rings is 1. The molecule has 2 saturated carbocycles. The Balaban J connectivity index is 1.73. The number of ether oxygens (including phenoxy) is 1. The minimum absolute atomic E-state index is 0.00604. The molecule has 1 aromatic carbocycles. The molecule has 1 unspecified atom stereocenters. The third kappa shape index (κ3) is 5.06. The van der Waals surface area contributed by atoms with Gasteiger partial charge in [0, 0.05) is 17.5 Å². The van der Waals surface area contributed by atoms with Gasteiger partial charge in [-0.05, 0) is 54.9 Å². The van der Waals surface area contributed by atoms with E-state index in [9.17, 15) is 9.59 Å². The number of methoxy groups -OCH3 is 1. The molecule has 2 aliphatic rings. The molecule has 2 fully saturated rings. The first kappa shape index (κ1) is 21.7. The van der Waals surface area contributed by atoms with E-state index < -0.39 is 6.04 Å². The lowest BCUT2D eigenvalue weighted by Crippen LogP contribution is -2.50. The van der Waals surface area contributed by atoms with Gasteiger partial charge in [-0.25, -0.2) is 0 Å². The number of aromatic nitrogens is 2. The average molecular weight is 443 g/mol. The SMILES string of the molecule is COc1cccc(C(C(=O)NC2CCCC2)N(C(=O)c2csnn2)C2CCCCC2)c1. The van der Waals surface area contributed by atoms with Crippen molar-refractivity contribution in [1.29, 1.82) is 0 Å². The van der Waals surface area contributed by atoms with Crippen LogP contribution >= 0.6 is 11.5 Å². The monoisotopic (exact) mass is 442 g/mol. The molecular weight excluding hydrogens is 412 g/mol. The lowest BCUT2D eigenvalue weighted by molar-refractivity contribution is -0.127. The second-order valence-corrected chi connectivity index (χ2v) is 9.07. The maximum atomic E-state index is 13.7. The van der Waals surface area contributed by atoms with Crippen LogP contribution in [-0.4, -0.2) is 45.5 Å². The number of nitrogens with zero attached hydrogens (tertiary/aromatic N) is 3. The molecule has 0 bridgehead atoms. The van der Waals surface area contributed by atoms with Gasteiger partial charge in [-0.1, -0.05) is 48.7 Å². The summed E-state index contributed by atoms with van der Waals surface area (Å²) in [5.74, 6) is 0.319. The fourth-order valence-electron chi connectivity index (χ4n) is 4.84. The Labute approximate surface area is 187 Å². The van der Waals surface area contributed by atoms with Gasteiger partial charge in [0.1, 0.15) is 11.8 Å². The zero-order valence-corrected chi connectivity index (χ0v) is 18.8. The molecule has 0 aliphatic heterocycles. The van der Waals surface area contributed by atoms with Crippen molar-refractivity contribution in [2.24, 2.45) is 0 Å². The van der Waals surface area contributed by atoms with E-state index in [0.717, 1.165) is 74.9 Å². The topological polar surface area (TPSA) is 84.4 Å². The average Bonchev–Trinajstić information content (AvgIpc) is 3.52. The molecular formula is C23H30N4O3S. The molecule has 4 rings (SSSR count). The van der Waals surface area contributed by atoms with Gasteiger partial charge in [0.2, 0.25) is 5.91 Å². The molecule has 1 aromatic heterocycles. The van der Waals surface area contributed by atoms with E-state index in [1.165, 1.54) is 0 Å². The Morgan fingerprint density at radius 2 is 1.87 bits per heavy atom.